The highest BCUT2D eigenvalue weighted by atomic mass is 35.5. The average Bonchev–Trinajstić information content (AvgIpc) is 2.96. The lowest BCUT2D eigenvalue weighted by Crippen LogP contribution is -2.19. The SMILES string of the molecule is O=C1CS[C@H](c2cccc(NS(=O)(=O)c3ccc(F)c(Cl)c3)c2)N1. The van der Waals surface area contributed by atoms with E-state index in [4.69, 9.17) is 11.6 Å². The Balaban J connectivity index is 1.84. The smallest absolute Gasteiger partial charge is 0.261 e. The molecule has 0 aliphatic carbocycles. The summed E-state index contributed by atoms with van der Waals surface area (Å²) >= 11 is 7.07. The molecule has 0 saturated carbocycles. The van der Waals surface area contributed by atoms with E-state index < -0.39 is 15.8 Å². The van der Waals surface area contributed by atoms with Gasteiger partial charge < -0.3 is 5.32 Å². The highest BCUT2D eigenvalue weighted by molar-refractivity contribution is 8.00. The zero-order valence-corrected chi connectivity index (χ0v) is 14.5. The first-order chi connectivity index (χ1) is 11.3. The second-order valence-corrected chi connectivity index (χ2v) is 8.25. The highest BCUT2D eigenvalue weighted by Gasteiger charge is 2.23. The fourth-order valence-corrected chi connectivity index (χ4v) is 4.47. The molecule has 2 aromatic carbocycles. The van der Waals surface area contributed by atoms with Crippen LogP contribution in [0.4, 0.5) is 10.1 Å². The molecule has 0 spiro atoms. The summed E-state index contributed by atoms with van der Waals surface area (Å²) in [5, 5.41) is 2.32. The Bertz CT molecular complexity index is 905. The van der Waals surface area contributed by atoms with Crippen LogP contribution in [0.2, 0.25) is 5.02 Å². The van der Waals surface area contributed by atoms with Crippen LogP contribution in [0.1, 0.15) is 10.9 Å². The van der Waals surface area contributed by atoms with Gasteiger partial charge in [-0.1, -0.05) is 23.7 Å². The molecule has 9 heteroatoms. The van der Waals surface area contributed by atoms with E-state index in [2.05, 4.69) is 10.0 Å². The van der Waals surface area contributed by atoms with Gasteiger partial charge in [-0.15, -0.1) is 11.8 Å². The van der Waals surface area contributed by atoms with Crippen molar-refractivity contribution >= 4 is 45.0 Å². The van der Waals surface area contributed by atoms with Gasteiger partial charge in [0.1, 0.15) is 11.2 Å². The third-order valence-electron chi connectivity index (χ3n) is 3.32. The van der Waals surface area contributed by atoms with Crippen molar-refractivity contribution in [3.63, 3.8) is 0 Å². The summed E-state index contributed by atoms with van der Waals surface area (Å²) in [7, 11) is -3.90. The molecular weight excluding hydrogens is 375 g/mol. The van der Waals surface area contributed by atoms with Gasteiger partial charge in [0.15, 0.2) is 0 Å². The van der Waals surface area contributed by atoms with Crippen LogP contribution in [0.15, 0.2) is 47.4 Å². The Hall–Kier alpha value is -1.77. The van der Waals surface area contributed by atoms with Crippen LogP contribution in [0.3, 0.4) is 0 Å². The van der Waals surface area contributed by atoms with E-state index in [0.29, 0.717) is 11.4 Å². The average molecular weight is 387 g/mol. The van der Waals surface area contributed by atoms with Crippen molar-refractivity contribution in [1.29, 1.82) is 0 Å². The second-order valence-electron chi connectivity index (χ2n) is 5.07. The lowest BCUT2D eigenvalue weighted by atomic mass is 10.2. The minimum atomic E-state index is -3.90. The third kappa shape index (κ3) is 3.66. The normalized spacial score (nSPS) is 17.6. The number of hydrogen-bond donors (Lipinski definition) is 2. The summed E-state index contributed by atoms with van der Waals surface area (Å²) in [6.45, 7) is 0. The first kappa shape index (κ1) is 17.1. The summed E-state index contributed by atoms with van der Waals surface area (Å²) < 4.78 is 40.4. The monoisotopic (exact) mass is 386 g/mol. The maximum absolute atomic E-state index is 13.2. The number of sulfonamides is 1. The van der Waals surface area contributed by atoms with E-state index in [1.807, 2.05) is 0 Å². The lowest BCUT2D eigenvalue weighted by molar-refractivity contribution is -0.118. The number of carbonyl (C=O) groups excluding carboxylic acids is 1. The molecule has 24 heavy (non-hydrogen) atoms. The fraction of sp³-hybridized carbons (Fsp3) is 0.133. The molecule has 0 unspecified atom stereocenters. The summed E-state index contributed by atoms with van der Waals surface area (Å²) in [4.78, 5) is 11.2. The van der Waals surface area contributed by atoms with Crippen molar-refractivity contribution in [3.8, 4) is 0 Å². The molecule has 0 bridgehead atoms. The van der Waals surface area contributed by atoms with Crippen LogP contribution >= 0.6 is 23.4 Å². The molecule has 2 N–H and O–H groups in total. The largest absolute Gasteiger partial charge is 0.339 e. The van der Waals surface area contributed by atoms with Crippen LogP contribution in [0.5, 0.6) is 0 Å². The molecule has 1 aliphatic heterocycles. The Morgan fingerprint density at radius 3 is 2.71 bits per heavy atom. The molecular formula is C15H12ClFN2O3S2. The van der Waals surface area contributed by atoms with Crippen LogP contribution in [0, 0.1) is 5.82 Å². The Labute approximate surface area is 147 Å². The number of hydrogen-bond acceptors (Lipinski definition) is 4. The zero-order chi connectivity index (χ0) is 17.3. The molecule has 0 radical (unpaired) electrons. The molecule has 1 fully saturated rings. The van der Waals surface area contributed by atoms with Crippen molar-refractivity contribution in [2.45, 2.75) is 10.3 Å². The second kappa shape index (κ2) is 6.62. The number of benzene rings is 2. The van der Waals surface area contributed by atoms with Gasteiger partial charge >= 0.3 is 0 Å². The van der Waals surface area contributed by atoms with Gasteiger partial charge in [-0.05, 0) is 35.9 Å². The van der Waals surface area contributed by atoms with E-state index in [1.165, 1.54) is 11.8 Å². The van der Waals surface area contributed by atoms with E-state index in [1.54, 1.807) is 24.3 Å². The molecule has 1 heterocycles. The van der Waals surface area contributed by atoms with Crippen molar-refractivity contribution in [2.75, 3.05) is 10.5 Å². The summed E-state index contributed by atoms with van der Waals surface area (Å²) in [5.41, 5.74) is 1.12. The number of thioether (sulfide) groups is 1. The minimum Gasteiger partial charge on any atom is -0.339 e. The van der Waals surface area contributed by atoms with Gasteiger partial charge in [-0.2, -0.15) is 0 Å². The highest BCUT2D eigenvalue weighted by Crippen LogP contribution is 2.32. The number of rotatable bonds is 4. The van der Waals surface area contributed by atoms with Crippen molar-refractivity contribution in [2.24, 2.45) is 0 Å². The van der Waals surface area contributed by atoms with E-state index in [0.717, 1.165) is 23.8 Å². The van der Waals surface area contributed by atoms with Gasteiger partial charge in [0, 0.05) is 5.69 Å². The van der Waals surface area contributed by atoms with Gasteiger partial charge in [0.2, 0.25) is 5.91 Å². The van der Waals surface area contributed by atoms with E-state index in [9.17, 15) is 17.6 Å². The van der Waals surface area contributed by atoms with Crippen molar-refractivity contribution in [1.82, 2.24) is 5.32 Å². The number of carbonyl (C=O) groups is 1. The molecule has 0 aromatic heterocycles. The fourth-order valence-electron chi connectivity index (χ4n) is 2.19. The topological polar surface area (TPSA) is 75.3 Å². The molecule has 1 aliphatic rings. The lowest BCUT2D eigenvalue weighted by Gasteiger charge is -2.13. The van der Waals surface area contributed by atoms with Crippen LogP contribution in [-0.2, 0) is 14.8 Å². The summed E-state index contributed by atoms with van der Waals surface area (Å²) in [6, 6.07) is 9.92. The number of halogens is 2. The molecule has 126 valence electrons. The first-order valence-electron chi connectivity index (χ1n) is 6.84. The quantitative estimate of drug-likeness (QED) is 0.846. The number of nitrogens with one attached hydrogen (secondary N) is 2. The van der Waals surface area contributed by atoms with Crippen LogP contribution in [-0.4, -0.2) is 20.1 Å². The molecule has 2 aromatic rings. The first-order valence-corrected chi connectivity index (χ1v) is 9.75. The predicted molar refractivity (Wildman–Crippen MR) is 92.0 cm³/mol. The number of amides is 1. The maximum Gasteiger partial charge on any atom is 0.261 e. The van der Waals surface area contributed by atoms with Gasteiger partial charge in [0.05, 0.1) is 15.7 Å². The van der Waals surface area contributed by atoms with Gasteiger partial charge in [-0.25, -0.2) is 12.8 Å². The summed E-state index contributed by atoms with van der Waals surface area (Å²) in [6.07, 6.45) is 0. The van der Waals surface area contributed by atoms with Gasteiger partial charge in [-0.3, -0.25) is 9.52 Å². The van der Waals surface area contributed by atoms with E-state index in [-0.39, 0.29) is 21.2 Å². The van der Waals surface area contributed by atoms with Crippen molar-refractivity contribution < 1.29 is 17.6 Å². The Kier molecular flexibility index (Phi) is 4.71. The zero-order valence-electron chi connectivity index (χ0n) is 12.1. The predicted octanol–water partition coefficient (Wildman–Crippen LogP) is 3.14. The van der Waals surface area contributed by atoms with E-state index >= 15 is 0 Å². The molecule has 5 nitrogen and oxygen atoms in total. The van der Waals surface area contributed by atoms with Crippen LogP contribution < -0.4 is 10.0 Å². The molecule has 1 saturated heterocycles. The standard InChI is InChI=1S/C15H12ClFN2O3S2/c16-12-7-11(4-5-13(12)17)24(21,22)19-10-3-1-2-9(6-10)15-18-14(20)8-23-15/h1-7,15,19H,8H2,(H,18,20)/t15-/m1/s1. The maximum atomic E-state index is 13.2. The van der Waals surface area contributed by atoms with Crippen LogP contribution in [0.25, 0.3) is 0 Å². The third-order valence-corrected chi connectivity index (χ3v) is 6.14. The number of anilines is 1. The van der Waals surface area contributed by atoms with Crippen molar-refractivity contribution in [3.05, 3.63) is 58.9 Å². The Morgan fingerprint density at radius 1 is 1.25 bits per heavy atom. The molecule has 1 atom stereocenters. The molecule has 1 amide bonds. The van der Waals surface area contributed by atoms with Gasteiger partial charge in [0.25, 0.3) is 10.0 Å². The minimum absolute atomic E-state index is 0.0584. The molecule has 3 rings (SSSR count). The summed E-state index contributed by atoms with van der Waals surface area (Å²) in [5.74, 6) is -0.377. The Morgan fingerprint density at radius 2 is 2.04 bits per heavy atom.